The lowest BCUT2D eigenvalue weighted by molar-refractivity contribution is 0.0736. The summed E-state index contributed by atoms with van der Waals surface area (Å²) in [6, 6.07) is 7.71. The van der Waals surface area contributed by atoms with Crippen molar-refractivity contribution < 1.29 is 23.2 Å². The number of benzene rings is 2. The Labute approximate surface area is 197 Å². The summed E-state index contributed by atoms with van der Waals surface area (Å²) in [4.78, 5) is 8.77. The minimum absolute atomic E-state index is 0.168. The molecule has 10 heteroatoms. The number of hydrogen-bond acceptors (Lipinski definition) is 8. The van der Waals surface area contributed by atoms with Crippen molar-refractivity contribution in [2.24, 2.45) is 4.36 Å². The van der Waals surface area contributed by atoms with Crippen LogP contribution in [0.4, 0.5) is 21.6 Å². The van der Waals surface area contributed by atoms with E-state index >= 15 is 0 Å². The first-order valence-electron chi connectivity index (χ1n) is 11.1. The number of rotatable bonds is 6. The molecule has 0 aliphatic carbocycles. The molecule has 2 aliphatic heterocycles. The van der Waals surface area contributed by atoms with E-state index in [1.165, 1.54) is 18.5 Å². The van der Waals surface area contributed by atoms with E-state index in [0.29, 0.717) is 39.6 Å². The van der Waals surface area contributed by atoms with E-state index in [9.17, 15) is 13.7 Å². The normalized spacial score (nSPS) is 21.5. The first-order chi connectivity index (χ1) is 16.4. The number of nitrogens with one attached hydrogen (secondary N) is 1. The van der Waals surface area contributed by atoms with E-state index in [4.69, 9.17) is 9.47 Å². The van der Waals surface area contributed by atoms with Gasteiger partial charge in [0, 0.05) is 17.6 Å². The second-order valence-electron chi connectivity index (χ2n) is 8.36. The first-order valence-corrected chi connectivity index (χ1v) is 12.9. The molecule has 2 aromatic carbocycles. The third-order valence-corrected chi connectivity index (χ3v) is 8.29. The summed E-state index contributed by atoms with van der Waals surface area (Å²) < 4.78 is 42.6. The fraction of sp³-hybridized carbons (Fsp3) is 0.333. The van der Waals surface area contributed by atoms with Crippen LogP contribution in [0.25, 0.3) is 17.0 Å². The van der Waals surface area contributed by atoms with Gasteiger partial charge in [-0.3, -0.25) is 0 Å². The van der Waals surface area contributed by atoms with Gasteiger partial charge in [0.25, 0.3) is 0 Å². The van der Waals surface area contributed by atoms with Crippen LogP contribution in [0.15, 0.2) is 47.6 Å². The van der Waals surface area contributed by atoms with Crippen molar-refractivity contribution in [1.82, 2.24) is 9.97 Å². The molecule has 34 heavy (non-hydrogen) atoms. The molecule has 2 atom stereocenters. The summed E-state index contributed by atoms with van der Waals surface area (Å²) in [7, 11) is -2.24. The Balaban J connectivity index is 1.54. The number of aliphatic hydroxyl groups is 1. The molecule has 0 unspecified atom stereocenters. The van der Waals surface area contributed by atoms with Gasteiger partial charge in [-0.1, -0.05) is 12.7 Å². The van der Waals surface area contributed by atoms with Crippen molar-refractivity contribution >= 4 is 43.9 Å². The van der Waals surface area contributed by atoms with Gasteiger partial charge in [-0.15, -0.1) is 0 Å². The topological polar surface area (TPSA) is 106 Å². The standard InChI is InChI=1S/C24H25FN4O4S/c1-2-15-9-17(29-34(31)7-3-4-8-34)11-19-23(15)24(27-14-26-19)28-18-6-5-16(25)10-21(18)33-22-13-32-12-20(22)30/h2,5-6,9-11,14,20,22,30H,1,3-4,7-8,12-13H2,(H,26,27,28)/t20-,22+/m0/s1. The molecule has 2 N–H and O–H groups in total. The largest absolute Gasteiger partial charge is 0.483 e. The van der Waals surface area contributed by atoms with Crippen LogP contribution in [0.5, 0.6) is 5.75 Å². The predicted octanol–water partition coefficient (Wildman–Crippen LogP) is 4.19. The molecule has 0 radical (unpaired) electrons. The van der Waals surface area contributed by atoms with Crippen LogP contribution in [-0.2, 0) is 14.5 Å². The second-order valence-corrected chi connectivity index (χ2v) is 10.9. The highest BCUT2D eigenvalue weighted by atomic mass is 32.2. The van der Waals surface area contributed by atoms with Gasteiger partial charge in [0.2, 0.25) is 0 Å². The maximum Gasteiger partial charge on any atom is 0.150 e. The highest BCUT2D eigenvalue weighted by Gasteiger charge is 2.29. The van der Waals surface area contributed by atoms with Crippen molar-refractivity contribution in [2.45, 2.75) is 25.0 Å². The average Bonchev–Trinajstić information content (AvgIpc) is 3.43. The lowest BCUT2D eigenvalue weighted by Crippen LogP contribution is -2.30. The van der Waals surface area contributed by atoms with Crippen molar-refractivity contribution in [3.8, 4) is 5.75 Å². The van der Waals surface area contributed by atoms with E-state index in [2.05, 4.69) is 26.2 Å². The molecule has 3 heterocycles. The molecule has 178 valence electrons. The van der Waals surface area contributed by atoms with Gasteiger partial charge in [-0.25, -0.2) is 18.6 Å². The molecule has 2 saturated heterocycles. The zero-order valence-corrected chi connectivity index (χ0v) is 19.3. The second kappa shape index (κ2) is 9.28. The van der Waals surface area contributed by atoms with Crippen molar-refractivity contribution in [3.05, 3.63) is 54.6 Å². The summed E-state index contributed by atoms with van der Waals surface area (Å²) in [5.74, 6) is 1.45. The van der Waals surface area contributed by atoms with E-state index in [0.717, 1.165) is 18.4 Å². The number of halogens is 1. The predicted molar refractivity (Wildman–Crippen MR) is 130 cm³/mol. The number of ether oxygens (including phenoxy) is 2. The van der Waals surface area contributed by atoms with Crippen LogP contribution in [-0.4, -0.2) is 56.2 Å². The monoisotopic (exact) mass is 484 g/mol. The smallest absolute Gasteiger partial charge is 0.150 e. The van der Waals surface area contributed by atoms with E-state index in [-0.39, 0.29) is 19.0 Å². The van der Waals surface area contributed by atoms with Gasteiger partial charge >= 0.3 is 0 Å². The fourth-order valence-electron chi connectivity index (χ4n) is 4.18. The number of hydrogen-bond donors (Lipinski definition) is 2. The Bertz CT molecular complexity index is 1360. The molecule has 0 amide bonds. The van der Waals surface area contributed by atoms with Crippen molar-refractivity contribution in [3.63, 3.8) is 0 Å². The number of aliphatic hydroxyl groups excluding tert-OH is 1. The zero-order valence-electron chi connectivity index (χ0n) is 18.4. The molecule has 0 saturated carbocycles. The maximum atomic E-state index is 14.0. The molecule has 8 nitrogen and oxygen atoms in total. The number of nitrogens with zero attached hydrogens (tertiary/aromatic N) is 3. The highest BCUT2D eigenvalue weighted by molar-refractivity contribution is 7.93. The molecule has 3 aromatic rings. The summed E-state index contributed by atoms with van der Waals surface area (Å²) >= 11 is 0. The lowest BCUT2D eigenvalue weighted by Gasteiger charge is -2.19. The minimum Gasteiger partial charge on any atom is -0.483 e. The van der Waals surface area contributed by atoms with Crippen LogP contribution < -0.4 is 10.1 Å². The van der Waals surface area contributed by atoms with Gasteiger partial charge in [-0.05, 0) is 42.7 Å². The number of fused-ring (bicyclic) bond motifs is 1. The highest BCUT2D eigenvalue weighted by Crippen LogP contribution is 2.35. The Morgan fingerprint density at radius 1 is 1.24 bits per heavy atom. The van der Waals surface area contributed by atoms with Gasteiger partial charge in [0.15, 0.2) is 6.10 Å². The van der Waals surface area contributed by atoms with E-state index in [1.807, 2.05) is 6.07 Å². The molecular weight excluding hydrogens is 459 g/mol. The first kappa shape index (κ1) is 22.7. The molecule has 2 fully saturated rings. The molecule has 0 bridgehead atoms. The minimum atomic E-state index is -2.24. The van der Waals surface area contributed by atoms with Crippen molar-refractivity contribution in [1.29, 1.82) is 0 Å². The van der Waals surface area contributed by atoms with Crippen LogP contribution in [0, 0.1) is 5.82 Å². The Morgan fingerprint density at radius 3 is 2.79 bits per heavy atom. The summed E-state index contributed by atoms with van der Waals surface area (Å²) in [6.45, 7) is 4.29. The van der Waals surface area contributed by atoms with Crippen molar-refractivity contribution in [2.75, 3.05) is 30.0 Å². The number of anilines is 2. The lowest BCUT2D eigenvalue weighted by atomic mass is 10.1. The maximum absolute atomic E-state index is 14.0. The Kier molecular flexibility index (Phi) is 6.20. The van der Waals surface area contributed by atoms with Crippen LogP contribution in [0.2, 0.25) is 0 Å². The Morgan fingerprint density at radius 2 is 2.06 bits per heavy atom. The molecule has 2 aliphatic rings. The van der Waals surface area contributed by atoms with Gasteiger partial charge in [0.05, 0.1) is 45.2 Å². The fourth-order valence-corrected chi connectivity index (χ4v) is 6.37. The third kappa shape index (κ3) is 4.61. The van der Waals surface area contributed by atoms with Gasteiger partial charge in [0.1, 0.15) is 29.8 Å². The molecule has 1 aromatic heterocycles. The van der Waals surface area contributed by atoms with E-state index < -0.39 is 27.8 Å². The summed E-state index contributed by atoms with van der Waals surface area (Å²) in [5, 5.41) is 13.9. The Hall–Kier alpha value is -3.08. The molecular formula is C24H25FN4O4S. The quantitative estimate of drug-likeness (QED) is 0.540. The van der Waals surface area contributed by atoms with Gasteiger partial charge in [-0.2, -0.15) is 4.36 Å². The summed E-state index contributed by atoms with van der Waals surface area (Å²) in [6.07, 6.45) is 3.53. The SMILES string of the molecule is C=Cc1cc(N=S2(=O)CCCC2)cc2ncnc(Nc3ccc(F)cc3O[C@@H]3COC[C@@H]3O)c12. The van der Waals surface area contributed by atoms with Crippen LogP contribution in [0.3, 0.4) is 0 Å². The van der Waals surface area contributed by atoms with Gasteiger partial charge < -0.3 is 19.9 Å². The molecule has 5 rings (SSSR count). The third-order valence-electron chi connectivity index (χ3n) is 5.90. The van der Waals surface area contributed by atoms with Crippen LogP contribution >= 0.6 is 0 Å². The number of aromatic nitrogens is 2. The zero-order chi connectivity index (χ0) is 23.7. The molecule has 0 spiro atoms. The van der Waals surface area contributed by atoms with Crippen LogP contribution in [0.1, 0.15) is 18.4 Å². The average molecular weight is 485 g/mol. The summed E-state index contributed by atoms with van der Waals surface area (Å²) in [5.41, 5.74) is 2.40. The van der Waals surface area contributed by atoms with E-state index in [1.54, 1.807) is 18.2 Å².